The van der Waals surface area contributed by atoms with Crippen LogP contribution in [0.25, 0.3) is 0 Å². The van der Waals surface area contributed by atoms with Gasteiger partial charge < -0.3 is 5.73 Å². The molecule has 18 heavy (non-hydrogen) atoms. The van der Waals surface area contributed by atoms with Crippen LogP contribution in [0.5, 0.6) is 0 Å². The number of hydrogen-bond donors (Lipinski definition) is 1. The Morgan fingerprint density at radius 1 is 1.17 bits per heavy atom. The van der Waals surface area contributed by atoms with Gasteiger partial charge in [-0.05, 0) is 55.7 Å². The van der Waals surface area contributed by atoms with E-state index >= 15 is 0 Å². The molecule has 1 aliphatic rings. The molecule has 1 nitrogen and oxygen atoms in total. The Hall–Kier alpha value is -0.530. The molecule has 100 valence electrons. The molecular formula is C16H24ClN. The predicted molar refractivity (Wildman–Crippen MR) is 79.0 cm³/mol. The number of halogens is 1. The fourth-order valence-corrected chi connectivity index (χ4v) is 3.16. The number of nitrogens with two attached hydrogens (primary N) is 1. The topological polar surface area (TPSA) is 26.0 Å². The summed E-state index contributed by atoms with van der Waals surface area (Å²) >= 11 is 6.45. The van der Waals surface area contributed by atoms with Gasteiger partial charge in [-0.2, -0.15) is 0 Å². The number of benzene rings is 1. The molecule has 0 unspecified atom stereocenters. The summed E-state index contributed by atoms with van der Waals surface area (Å²) in [5.74, 6) is 1.52. The van der Waals surface area contributed by atoms with Gasteiger partial charge in [0.2, 0.25) is 0 Å². The Kier molecular flexibility index (Phi) is 4.03. The minimum Gasteiger partial charge on any atom is -0.322 e. The molecule has 0 aromatic heterocycles. The lowest BCUT2D eigenvalue weighted by molar-refractivity contribution is 0.348. The molecule has 0 atom stereocenters. The third-order valence-corrected chi connectivity index (χ3v) is 4.53. The van der Waals surface area contributed by atoms with Crippen molar-refractivity contribution in [3.8, 4) is 0 Å². The highest BCUT2D eigenvalue weighted by molar-refractivity contribution is 6.31. The average molecular weight is 266 g/mol. The van der Waals surface area contributed by atoms with Crippen LogP contribution in [0.2, 0.25) is 5.02 Å². The molecule has 1 fully saturated rings. The molecule has 0 heterocycles. The van der Waals surface area contributed by atoms with Crippen LogP contribution in [0.3, 0.4) is 0 Å². The largest absolute Gasteiger partial charge is 0.322 e. The second kappa shape index (κ2) is 5.22. The molecule has 0 saturated heterocycles. The standard InChI is InChI=1S/C16H24ClN/c1-11-4-6-12(7-5-11)14-9-8-13(10-15(14)17)16(2,3)18/h8-12H,4-7,18H2,1-3H3. The molecular weight excluding hydrogens is 242 g/mol. The minimum absolute atomic E-state index is 0.316. The van der Waals surface area contributed by atoms with Crippen molar-refractivity contribution in [3.63, 3.8) is 0 Å². The van der Waals surface area contributed by atoms with E-state index in [9.17, 15) is 0 Å². The maximum absolute atomic E-state index is 6.45. The van der Waals surface area contributed by atoms with E-state index in [4.69, 9.17) is 17.3 Å². The summed E-state index contributed by atoms with van der Waals surface area (Å²) in [5.41, 5.74) is 8.23. The summed E-state index contributed by atoms with van der Waals surface area (Å²) < 4.78 is 0. The first-order valence-corrected chi connectivity index (χ1v) is 7.34. The van der Waals surface area contributed by atoms with E-state index in [1.807, 2.05) is 13.8 Å². The molecule has 0 amide bonds. The average Bonchev–Trinajstić information content (AvgIpc) is 2.29. The molecule has 2 N–H and O–H groups in total. The van der Waals surface area contributed by atoms with E-state index in [1.54, 1.807) is 0 Å². The number of hydrogen-bond acceptors (Lipinski definition) is 1. The molecule has 2 rings (SSSR count). The first-order valence-electron chi connectivity index (χ1n) is 6.96. The van der Waals surface area contributed by atoms with Crippen molar-refractivity contribution in [2.45, 2.75) is 57.9 Å². The van der Waals surface area contributed by atoms with E-state index in [0.717, 1.165) is 16.5 Å². The van der Waals surface area contributed by atoms with Crippen molar-refractivity contribution in [3.05, 3.63) is 34.3 Å². The quantitative estimate of drug-likeness (QED) is 0.815. The first kappa shape index (κ1) is 13.9. The van der Waals surface area contributed by atoms with Gasteiger partial charge in [-0.3, -0.25) is 0 Å². The molecule has 0 radical (unpaired) electrons. The van der Waals surface area contributed by atoms with Crippen LogP contribution in [-0.4, -0.2) is 0 Å². The highest BCUT2D eigenvalue weighted by atomic mass is 35.5. The van der Waals surface area contributed by atoms with E-state index < -0.39 is 0 Å². The normalized spacial score (nSPS) is 25.2. The van der Waals surface area contributed by atoms with Crippen LogP contribution in [0.4, 0.5) is 0 Å². The zero-order chi connectivity index (χ0) is 13.3. The van der Waals surface area contributed by atoms with Crippen molar-refractivity contribution >= 4 is 11.6 Å². The van der Waals surface area contributed by atoms with Crippen molar-refractivity contribution in [1.29, 1.82) is 0 Å². The monoisotopic (exact) mass is 265 g/mol. The van der Waals surface area contributed by atoms with Gasteiger partial charge in [-0.1, -0.05) is 43.5 Å². The Morgan fingerprint density at radius 2 is 1.78 bits per heavy atom. The molecule has 1 aromatic carbocycles. The Bertz CT molecular complexity index is 412. The number of rotatable bonds is 2. The van der Waals surface area contributed by atoms with Gasteiger partial charge >= 0.3 is 0 Å². The van der Waals surface area contributed by atoms with Crippen LogP contribution in [0.15, 0.2) is 18.2 Å². The molecule has 0 spiro atoms. The summed E-state index contributed by atoms with van der Waals surface area (Å²) in [6, 6.07) is 6.38. The van der Waals surface area contributed by atoms with E-state index in [1.165, 1.54) is 31.2 Å². The Balaban J connectivity index is 2.20. The van der Waals surface area contributed by atoms with Crippen LogP contribution in [-0.2, 0) is 5.54 Å². The molecule has 1 aromatic rings. The minimum atomic E-state index is -0.316. The smallest absolute Gasteiger partial charge is 0.0444 e. The fraction of sp³-hybridized carbons (Fsp3) is 0.625. The lowest BCUT2D eigenvalue weighted by atomic mass is 9.79. The van der Waals surface area contributed by atoms with E-state index in [2.05, 4.69) is 25.1 Å². The van der Waals surface area contributed by atoms with Gasteiger partial charge in [0.05, 0.1) is 0 Å². The predicted octanol–water partition coefficient (Wildman–Crippen LogP) is 4.83. The third kappa shape index (κ3) is 3.07. The van der Waals surface area contributed by atoms with E-state index in [-0.39, 0.29) is 5.54 Å². The molecule has 1 saturated carbocycles. The SMILES string of the molecule is CC1CCC(c2ccc(C(C)(C)N)cc2Cl)CC1. The maximum Gasteiger partial charge on any atom is 0.0444 e. The second-order valence-corrected chi connectivity index (χ2v) is 6.82. The zero-order valence-electron chi connectivity index (χ0n) is 11.7. The molecule has 1 aliphatic carbocycles. The van der Waals surface area contributed by atoms with Gasteiger partial charge in [0, 0.05) is 10.6 Å². The molecule has 0 bridgehead atoms. The van der Waals surface area contributed by atoms with Gasteiger partial charge in [0.1, 0.15) is 0 Å². The van der Waals surface area contributed by atoms with Crippen molar-refractivity contribution < 1.29 is 0 Å². The Labute approximate surface area is 116 Å². The lowest BCUT2D eigenvalue weighted by Gasteiger charge is -2.28. The van der Waals surface area contributed by atoms with Gasteiger partial charge in [-0.25, -0.2) is 0 Å². The van der Waals surface area contributed by atoms with Crippen molar-refractivity contribution in [1.82, 2.24) is 0 Å². The summed E-state index contributed by atoms with van der Waals surface area (Å²) in [7, 11) is 0. The summed E-state index contributed by atoms with van der Waals surface area (Å²) in [6.45, 7) is 6.37. The van der Waals surface area contributed by atoms with Crippen LogP contribution in [0.1, 0.15) is 63.5 Å². The van der Waals surface area contributed by atoms with Crippen LogP contribution in [0, 0.1) is 5.92 Å². The van der Waals surface area contributed by atoms with Gasteiger partial charge in [-0.15, -0.1) is 0 Å². The summed E-state index contributed by atoms with van der Waals surface area (Å²) in [4.78, 5) is 0. The van der Waals surface area contributed by atoms with E-state index in [0.29, 0.717) is 5.92 Å². The molecule has 2 heteroatoms. The van der Waals surface area contributed by atoms with Crippen LogP contribution >= 0.6 is 11.6 Å². The fourth-order valence-electron chi connectivity index (χ4n) is 2.83. The van der Waals surface area contributed by atoms with Crippen molar-refractivity contribution in [2.24, 2.45) is 11.7 Å². The highest BCUT2D eigenvalue weighted by Gasteiger charge is 2.23. The van der Waals surface area contributed by atoms with Gasteiger partial charge in [0.15, 0.2) is 0 Å². The maximum atomic E-state index is 6.45. The third-order valence-electron chi connectivity index (χ3n) is 4.20. The molecule has 0 aliphatic heterocycles. The second-order valence-electron chi connectivity index (χ2n) is 6.41. The highest BCUT2D eigenvalue weighted by Crippen LogP contribution is 2.39. The summed E-state index contributed by atoms with van der Waals surface area (Å²) in [6.07, 6.45) is 5.19. The summed E-state index contributed by atoms with van der Waals surface area (Å²) in [5, 5.41) is 0.894. The van der Waals surface area contributed by atoms with Crippen molar-refractivity contribution in [2.75, 3.05) is 0 Å². The van der Waals surface area contributed by atoms with Crippen LogP contribution < -0.4 is 5.73 Å². The lowest BCUT2D eigenvalue weighted by Crippen LogP contribution is -2.28. The Morgan fingerprint density at radius 3 is 2.28 bits per heavy atom. The van der Waals surface area contributed by atoms with Gasteiger partial charge in [0.25, 0.3) is 0 Å². The first-order chi connectivity index (χ1) is 8.38. The zero-order valence-corrected chi connectivity index (χ0v) is 12.4.